The molecular weight excluding hydrogens is 342 g/mol. The first-order valence-corrected chi connectivity index (χ1v) is 9.82. The molecule has 26 heavy (non-hydrogen) atoms. The summed E-state index contributed by atoms with van der Waals surface area (Å²) in [4.78, 5) is 14.7. The maximum atomic E-state index is 12.7. The Kier molecular flexibility index (Phi) is 5.07. The number of amides is 1. The van der Waals surface area contributed by atoms with Crippen molar-refractivity contribution in [2.75, 3.05) is 13.1 Å². The summed E-state index contributed by atoms with van der Waals surface area (Å²) in [6, 6.07) is 19.9. The lowest BCUT2D eigenvalue weighted by molar-refractivity contribution is 0.0707. The highest BCUT2D eigenvalue weighted by Gasteiger charge is 2.27. The largest absolute Gasteiger partial charge is 0.338 e. The van der Waals surface area contributed by atoms with Gasteiger partial charge in [-0.1, -0.05) is 48.5 Å². The summed E-state index contributed by atoms with van der Waals surface area (Å²) in [5, 5.41) is 10.9. The molecule has 1 aliphatic rings. The van der Waals surface area contributed by atoms with Crippen molar-refractivity contribution >= 4 is 17.2 Å². The van der Waals surface area contributed by atoms with Gasteiger partial charge in [-0.2, -0.15) is 0 Å². The van der Waals surface area contributed by atoms with Crippen molar-refractivity contribution in [3.05, 3.63) is 81.8 Å². The van der Waals surface area contributed by atoms with Crippen molar-refractivity contribution in [3.8, 4) is 0 Å². The van der Waals surface area contributed by atoms with Gasteiger partial charge < -0.3 is 4.90 Å². The molecule has 4 nitrogen and oxygen atoms in total. The fraction of sp³-hybridized carbons (Fsp3) is 0.286. The Balaban J connectivity index is 1.44. The van der Waals surface area contributed by atoms with E-state index in [9.17, 15) is 4.79 Å². The normalized spacial score (nSPS) is 17.2. The third-order valence-electron chi connectivity index (χ3n) is 4.76. The van der Waals surface area contributed by atoms with Crippen LogP contribution in [0.3, 0.4) is 0 Å². The molecule has 0 saturated carbocycles. The zero-order chi connectivity index (χ0) is 17.8. The number of benzene rings is 2. The lowest BCUT2D eigenvalue weighted by atomic mass is 9.98. The first-order valence-electron chi connectivity index (χ1n) is 9.00. The van der Waals surface area contributed by atoms with Gasteiger partial charge in [0.25, 0.3) is 5.91 Å². The van der Waals surface area contributed by atoms with E-state index in [0.29, 0.717) is 5.92 Å². The fourth-order valence-electron chi connectivity index (χ4n) is 3.40. The Hall–Kier alpha value is -2.53. The van der Waals surface area contributed by atoms with Crippen molar-refractivity contribution in [1.29, 1.82) is 0 Å². The topological polar surface area (TPSA) is 46.1 Å². The number of carbonyl (C=O) groups is 1. The molecule has 1 amide bonds. The van der Waals surface area contributed by atoms with E-state index in [2.05, 4.69) is 22.3 Å². The summed E-state index contributed by atoms with van der Waals surface area (Å²) in [5.74, 6) is 0.405. The summed E-state index contributed by atoms with van der Waals surface area (Å²) >= 11 is 1.68. The first kappa shape index (κ1) is 16.9. The van der Waals surface area contributed by atoms with Gasteiger partial charge in [0.15, 0.2) is 0 Å². The average Bonchev–Trinajstić information content (AvgIpc) is 3.17. The monoisotopic (exact) mass is 363 g/mol. The number of hydrogen-bond donors (Lipinski definition) is 0. The van der Waals surface area contributed by atoms with E-state index < -0.39 is 0 Å². The zero-order valence-electron chi connectivity index (χ0n) is 14.5. The lowest BCUT2D eigenvalue weighted by Gasteiger charge is -2.31. The number of rotatable bonds is 4. The molecule has 1 saturated heterocycles. The van der Waals surface area contributed by atoms with Gasteiger partial charge in [-0.25, -0.2) is 0 Å². The molecule has 2 aromatic carbocycles. The number of hydrogen-bond acceptors (Lipinski definition) is 4. The van der Waals surface area contributed by atoms with Crippen LogP contribution < -0.4 is 0 Å². The molecule has 3 aromatic rings. The van der Waals surface area contributed by atoms with E-state index in [0.717, 1.165) is 47.9 Å². The van der Waals surface area contributed by atoms with Gasteiger partial charge in [-0.3, -0.25) is 4.79 Å². The molecule has 0 radical (unpaired) electrons. The quantitative estimate of drug-likeness (QED) is 0.699. The van der Waals surface area contributed by atoms with Gasteiger partial charge in [-0.15, -0.1) is 21.5 Å². The molecule has 0 N–H and O–H groups in total. The predicted molar refractivity (Wildman–Crippen MR) is 103 cm³/mol. The van der Waals surface area contributed by atoms with Crippen LogP contribution in [0.4, 0.5) is 0 Å². The summed E-state index contributed by atoms with van der Waals surface area (Å²) < 4.78 is 0. The van der Waals surface area contributed by atoms with Crippen LogP contribution in [0.15, 0.2) is 60.7 Å². The smallest absolute Gasteiger partial charge is 0.253 e. The summed E-state index contributed by atoms with van der Waals surface area (Å²) in [6.45, 7) is 1.55. The molecule has 0 aliphatic carbocycles. The number of piperidine rings is 1. The molecule has 1 aliphatic heterocycles. The van der Waals surface area contributed by atoms with Crippen LogP contribution in [0.1, 0.15) is 44.7 Å². The van der Waals surface area contributed by atoms with Gasteiger partial charge in [0.2, 0.25) is 0 Å². The highest BCUT2D eigenvalue weighted by atomic mass is 32.1. The van der Waals surface area contributed by atoms with Gasteiger partial charge in [0, 0.05) is 31.0 Å². The van der Waals surface area contributed by atoms with E-state index in [1.54, 1.807) is 11.3 Å². The van der Waals surface area contributed by atoms with E-state index in [1.807, 2.05) is 53.4 Å². The second-order valence-corrected chi connectivity index (χ2v) is 7.75. The molecular formula is C21H21N3OS. The zero-order valence-corrected chi connectivity index (χ0v) is 15.4. The van der Waals surface area contributed by atoms with Crippen LogP contribution in [0, 0.1) is 0 Å². The number of likely N-dealkylation sites (tertiary alicyclic amines) is 1. The maximum absolute atomic E-state index is 12.7. The lowest BCUT2D eigenvalue weighted by Crippen LogP contribution is -2.39. The minimum atomic E-state index is 0.115. The third-order valence-corrected chi connectivity index (χ3v) is 5.84. The predicted octanol–water partition coefficient (Wildman–Crippen LogP) is 4.15. The fourth-order valence-corrected chi connectivity index (χ4v) is 4.40. The van der Waals surface area contributed by atoms with E-state index in [4.69, 9.17) is 0 Å². The second kappa shape index (κ2) is 7.79. The number of aromatic nitrogens is 2. The van der Waals surface area contributed by atoms with Crippen LogP contribution in [-0.4, -0.2) is 34.1 Å². The number of nitrogens with zero attached hydrogens (tertiary/aromatic N) is 3. The van der Waals surface area contributed by atoms with Crippen molar-refractivity contribution in [2.45, 2.75) is 25.2 Å². The Morgan fingerprint density at radius 3 is 2.54 bits per heavy atom. The number of carbonyl (C=O) groups excluding carboxylic acids is 1. The van der Waals surface area contributed by atoms with Crippen molar-refractivity contribution < 1.29 is 4.79 Å². The highest BCUT2D eigenvalue weighted by Crippen LogP contribution is 2.30. The Morgan fingerprint density at radius 1 is 1.04 bits per heavy atom. The molecule has 1 fully saturated rings. The van der Waals surface area contributed by atoms with Gasteiger partial charge >= 0.3 is 0 Å². The molecule has 0 spiro atoms. The molecule has 5 heteroatoms. The summed E-state index contributed by atoms with van der Waals surface area (Å²) in [6.07, 6.45) is 2.90. The summed E-state index contributed by atoms with van der Waals surface area (Å²) in [5.41, 5.74) is 2.01. The van der Waals surface area contributed by atoms with Crippen LogP contribution in [0.2, 0.25) is 0 Å². The van der Waals surface area contributed by atoms with E-state index in [-0.39, 0.29) is 5.91 Å². The van der Waals surface area contributed by atoms with Crippen molar-refractivity contribution in [1.82, 2.24) is 15.1 Å². The van der Waals surface area contributed by atoms with Crippen LogP contribution in [-0.2, 0) is 6.42 Å². The van der Waals surface area contributed by atoms with E-state index >= 15 is 0 Å². The molecule has 1 atom stereocenters. The van der Waals surface area contributed by atoms with Gasteiger partial charge in [0.1, 0.15) is 10.0 Å². The van der Waals surface area contributed by atoms with E-state index in [1.165, 1.54) is 5.56 Å². The van der Waals surface area contributed by atoms with Crippen LogP contribution in [0.5, 0.6) is 0 Å². The molecule has 4 rings (SSSR count). The summed E-state index contributed by atoms with van der Waals surface area (Å²) in [7, 11) is 0. The SMILES string of the molecule is O=C(c1ccccc1)N1CCCC(c2nnc(Cc3ccccc3)s2)C1. The van der Waals surface area contributed by atoms with Gasteiger partial charge in [-0.05, 0) is 30.5 Å². The first-order chi connectivity index (χ1) is 12.8. The molecule has 0 bridgehead atoms. The molecule has 2 heterocycles. The van der Waals surface area contributed by atoms with Gasteiger partial charge in [0.05, 0.1) is 0 Å². The molecule has 132 valence electrons. The minimum absolute atomic E-state index is 0.115. The molecule has 1 aromatic heterocycles. The second-order valence-electron chi connectivity index (χ2n) is 6.65. The van der Waals surface area contributed by atoms with Crippen LogP contribution in [0.25, 0.3) is 0 Å². The highest BCUT2D eigenvalue weighted by molar-refractivity contribution is 7.11. The van der Waals surface area contributed by atoms with Crippen LogP contribution >= 0.6 is 11.3 Å². The minimum Gasteiger partial charge on any atom is -0.338 e. The van der Waals surface area contributed by atoms with Crippen molar-refractivity contribution in [2.24, 2.45) is 0 Å². The Labute approximate surface area is 157 Å². The standard InChI is InChI=1S/C21H21N3OS/c25-21(17-10-5-2-6-11-17)24-13-7-12-18(15-24)20-23-22-19(26-20)14-16-8-3-1-4-9-16/h1-6,8-11,18H,7,12-15H2. The molecule has 1 unspecified atom stereocenters. The third kappa shape index (κ3) is 3.83. The Bertz CT molecular complexity index is 863. The van der Waals surface area contributed by atoms with Crippen molar-refractivity contribution in [3.63, 3.8) is 0 Å². The average molecular weight is 363 g/mol. The maximum Gasteiger partial charge on any atom is 0.253 e. The Morgan fingerprint density at radius 2 is 1.77 bits per heavy atom.